The number of pyridine rings is 1. The molecule has 8 heteroatoms. The Bertz CT molecular complexity index is 1060. The summed E-state index contributed by atoms with van der Waals surface area (Å²) >= 11 is 0. The van der Waals surface area contributed by atoms with Gasteiger partial charge in [0.2, 0.25) is 5.43 Å². The number of rotatable bonds is 3. The fourth-order valence-corrected chi connectivity index (χ4v) is 4.57. The van der Waals surface area contributed by atoms with Crippen molar-refractivity contribution < 1.29 is 18.7 Å². The van der Waals surface area contributed by atoms with Crippen LogP contribution in [0.1, 0.15) is 42.1 Å². The van der Waals surface area contributed by atoms with E-state index in [0.29, 0.717) is 13.1 Å². The minimum absolute atomic E-state index is 0.0192. The van der Waals surface area contributed by atoms with Gasteiger partial charge < -0.3 is 20.3 Å². The maximum absolute atomic E-state index is 15.5. The van der Waals surface area contributed by atoms with Gasteiger partial charge in [0, 0.05) is 30.9 Å². The highest BCUT2D eigenvalue weighted by atomic mass is 19.1. The molecule has 1 saturated heterocycles. The van der Waals surface area contributed by atoms with Crippen molar-refractivity contribution in [1.82, 2.24) is 4.57 Å². The van der Waals surface area contributed by atoms with E-state index in [2.05, 4.69) is 0 Å². The highest BCUT2D eigenvalue weighted by Crippen LogP contribution is 2.46. The molecule has 2 aromatic rings. The van der Waals surface area contributed by atoms with Crippen molar-refractivity contribution in [3.05, 3.63) is 39.7 Å². The first-order valence-corrected chi connectivity index (χ1v) is 9.14. The molecule has 6 nitrogen and oxygen atoms in total. The normalized spacial score (nSPS) is 26.9. The van der Waals surface area contributed by atoms with Crippen molar-refractivity contribution in [2.24, 2.45) is 11.7 Å². The molecule has 0 spiro atoms. The van der Waals surface area contributed by atoms with Gasteiger partial charge in [0.05, 0.1) is 10.9 Å². The first-order valence-electron chi connectivity index (χ1n) is 9.14. The standard InChI is InChI=1S/C19H19F2N3O3/c20-13-5-11-15(24(10-1-2-10)7-12(17(11)25)18(26)27)14(21)16(13)23-6-9-3-4-19(9,22)8-23/h5,7,9-10H,1-4,6,8,22H2,(H,26,27). The van der Waals surface area contributed by atoms with Gasteiger partial charge in [-0.1, -0.05) is 0 Å². The Morgan fingerprint density at radius 1 is 1.30 bits per heavy atom. The number of carboxylic acid groups (broad SMARTS) is 1. The second-order valence-electron chi connectivity index (χ2n) is 8.08. The minimum Gasteiger partial charge on any atom is -0.477 e. The molecule has 0 radical (unpaired) electrons. The van der Waals surface area contributed by atoms with Crippen LogP contribution in [0.4, 0.5) is 14.5 Å². The Morgan fingerprint density at radius 3 is 2.56 bits per heavy atom. The summed E-state index contributed by atoms with van der Waals surface area (Å²) in [4.78, 5) is 25.5. The van der Waals surface area contributed by atoms with Crippen LogP contribution in [0.3, 0.4) is 0 Å². The molecule has 2 saturated carbocycles. The molecule has 1 aliphatic heterocycles. The van der Waals surface area contributed by atoms with Gasteiger partial charge in [0.15, 0.2) is 5.82 Å². The van der Waals surface area contributed by atoms with Crippen molar-refractivity contribution in [2.75, 3.05) is 18.0 Å². The van der Waals surface area contributed by atoms with Gasteiger partial charge in [-0.05, 0) is 37.7 Å². The third-order valence-electron chi connectivity index (χ3n) is 6.37. The lowest BCUT2D eigenvalue weighted by Gasteiger charge is -2.40. The lowest BCUT2D eigenvalue weighted by atomic mass is 9.70. The van der Waals surface area contributed by atoms with Crippen LogP contribution in [-0.2, 0) is 0 Å². The highest BCUT2D eigenvalue weighted by Gasteiger charge is 2.51. The summed E-state index contributed by atoms with van der Waals surface area (Å²) in [6.07, 6.45) is 4.49. The summed E-state index contributed by atoms with van der Waals surface area (Å²) < 4.78 is 31.9. The van der Waals surface area contributed by atoms with E-state index in [1.54, 1.807) is 4.90 Å². The second kappa shape index (κ2) is 5.28. The second-order valence-corrected chi connectivity index (χ2v) is 8.08. The maximum atomic E-state index is 15.5. The van der Waals surface area contributed by atoms with Gasteiger partial charge >= 0.3 is 5.97 Å². The van der Waals surface area contributed by atoms with E-state index in [0.717, 1.165) is 31.7 Å². The Labute approximate surface area is 153 Å². The van der Waals surface area contributed by atoms with Crippen molar-refractivity contribution in [3.63, 3.8) is 0 Å². The predicted molar refractivity (Wildman–Crippen MR) is 95.2 cm³/mol. The number of aromatic nitrogens is 1. The average Bonchev–Trinajstić information content (AvgIpc) is 3.40. The predicted octanol–water partition coefficient (Wildman–Crippen LogP) is 2.24. The molecule has 0 amide bonds. The van der Waals surface area contributed by atoms with Crippen LogP contribution in [0.2, 0.25) is 0 Å². The first kappa shape index (κ1) is 16.7. The summed E-state index contributed by atoms with van der Waals surface area (Å²) in [6, 6.07) is 0.903. The van der Waals surface area contributed by atoms with Crippen molar-refractivity contribution in [3.8, 4) is 0 Å². The molecule has 5 rings (SSSR count). The van der Waals surface area contributed by atoms with Gasteiger partial charge in [0.25, 0.3) is 0 Å². The summed E-state index contributed by atoms with van der Waals surface area (Å²) in [5.41, 5.74) is 4.38. The monoisotopic (exact) mass is 375 g/mol. The van der Waals surface area contributed by atoms with Crippen molar-refractivity contribution in [1.29, 1.82) is 0 Å². The molecule has 3 N–H and O–H groups in total. The number of fused-ring (bicyclic) bond motifs is 2. The number of halogens is 2. The Kier molecular flexibility index (Phi) is 3.26. The van der Waals surface area contributed by atoms with Gasteiger partial charge in [-0.25, -0.2) is 13.6 Å². The maximum Gasteiger partial charge on any atom is 0.341 e. The molecule has 2 aliphatic carbocycles. The molecule has 1 aromatic carbocycles. The summed E-state index contributed by atoms with van der Waals surface area (Å²) in [6.45, 7) is 0.856. The van der Waals surface area contributed by atoms with E-state index in [1.807, 2.05) is 0 Å². The summed E-state index contributed by atoms with van der Waals surface area (Å²) in [5, 5.41) is 9.06. The smallest absolute Gasteiger partial charge is 0.341 e. The van der Waals surface area contributed by atoms with Crippen LogP contribution in [-0.4, -0.2) is 34.3 Å². The van der Waals surface area contributed by atoms with E-state index in [1.165, 1.54) is 10.8 Å². The number of hydrogen-bond acceptors (Lipinski definition) is 4. The zero-order valence-electron chi connectivity index (χ0n) is 14.5. The Hall–Kier alpha value is -2.48. The molecule has 2 atom stereocenters. The number of nitrogens with zero attached hydrogens (tertiary/aromatic N) is 2. The number of carboxylic acids is 1. The molecule has 142 valence electrons. The molecule has 0 bridgehead atoms. The molecule has 27 heavy (non-hydrogen) atoms. The number of hydrogen-bond donors (Lipinski definition) is 2. The zero-order chi connectivity index (χ0) is 19.1. The van der Waals surface area contributed by atoms with Crippen LogP contribution >= 0.6 is 0 Å². The quantitative estimate of drug-likeness (QED) is 0.859. The SMILES string of the molecule is NC12CCC1CN(c1c(F)cc3c(=O)c(C(=O)O)cn(C4CC4)c3c1F)C2. The number of aromatic carboxylic acids is 1. The Balaban J connectivity index is 1.75. The number of carbonyl (C=O) groups is 1. The fourth-order valence-electron chi connectivity index (χ4n) is 4.57. The third-order valence-corrected chi connectivity index (χ3v) is 6.37. The number of anilines is 1. The van der Waals surface area contributed by atoms with Gasteiger partial charge in [-0.2, -0.15) is 0 Å². The molecule has 3 fully saturated rings. The Morgan fingerprint density at radius 2 is 2.04 bits per heavy atom. The first-order chi connectivity index (χ1) is 12.8. The van der Waals surface area contributed by atoms with Crippen LogP contribution in [0, 0.1) is 17.6 Å². The number of nitrogens with two attached hydrogens (primary N) is 1. The van der Waals surface area contributed by atoms with Gasteiger partial charge in [0.1, 0.15) is 17.1 Å². The highest BCUT2D eigenvalue weighted by molar-refractivity contribution is 5.94. The molecule has 1 aromatic heterocycles. The molecular formula is C19H19F2N3O3. The molecule has 2 unspecified atom stereocenters. The molecule has 3 aliphatic rings. The molecular weight excluding hydrogens is 356 g/mol. The zero-order valence-corrected chi connectivity index (χ0v) is 14.5. The van der Waals surface area contributed by atoms with E-state index >= 15 is 4.39 Å². The lowest BCUT2D eigenvalue weighted by Crippen LogP contribution is -2.54. The third kappa shape index (κ3) is 2.25. The van der Waals surface area contributed by atoms with Gasteiger partial charge in [-0.3, -0.25) is 4.79 Å². The van der Waals surface area contributed by atoms with Crippen LogP contribution in [0.15, 0.2) is 17.1 Å². The fraction of sp³-hybridized carbons (Fsp3) is 0.474. The lowest BCUT2D eigenvalue weighted by molar-refractivity contribution is 0.0695. The van der Waals surface area contributed by atoms with E-state index < -0.39 is 34.1 Å². The average molecular weight is 375 g/mol. The topological polar surface area (TPSA) is 88.6 Å². The van der Waals surface area contributed by atoms with Gasteiger partial charge in [-0.15, -0.1) is 0 Å². The van der Waals surface area contributed by atoms with E-state index in [9.17, 15) is 19.1 Å². The molecule has 2 heterocycles. The minimum atomic E-state index is -1.40. The largest absolute Gasteiger partial charge is 0.477 e. The number of benzene rings is 1. The summed E-state index contributed by atoms with van der Waals surface area (Å²) in [7, 11) is 0. The van der Waals surface area contributed by atoms with E-state index in [4.69, 9.17) is 5.73 Å². The van der Waals surface area contributed by atoms with Crippen LogP contribution in [0.25, 0.3) is 10.9 Å². The van der Waals surface area contributed by atoms with E-state index in [-0.39, 0.29) is 28.6 Å². The van der Waals surface area contributed by atoms with Crippen LogP contribution < -0.4 is 16.1 Å². The van der Waals surface area contributed by atoms with Crippen LogP contribution in [0.5, 0.6) is 0 Å². The van der Waals surface area contributed by atoms with Crippen molar-refractivity contribution in [2.45, 2.75) is 37.3 Å². The van der Waals surface area contributed by atoms with Crippen molar-refractivity contribution >= 4 is 22.6 Å². The summed E-state index contributed by atoms with van der Waals surface area (Å²) in [5.74, 6) is -2.85.